The molecule has 0 aromatic carbocycles. The maximum absolute atomic E-state index is 5.04. The fourth-order valence-corrected chi connectivity index (χ4v) is 0.494. The molecule has 0 radical (unpaired) electrons. The zero-order chi connectivity index (χ0) is 5.98. The highest BCUT2D eigenvalue weighted by molar-refractivity contribution is 5.29. The second-order valence-corrected chi connectivity index (χ2v) is 1.53. The highest BCUT2D eigenvalue weighted by atomic mass is 15.3. The third-order valence-electron chi connectivity index (χ3n) is 0.858. The number of nitrogens with two attached hydrogens (primary N) is 1. The number of imidazole rings is 1. The predicted molar refractivity (Wildman–Crippen MR) is 31.1 cm³/mol. The van der Waals surface area contributed by atoms with Crippen LogP contribution in [0, 0.1) is 6.92 Å². The van der Waals surface area contributed by atoms with E-state index in [1.54, 1.807) is 6.20 Å². The summed E-state index contributed by atoms with van der Waals surface area (Å²) in [7, 11) is 0. The average molecular weight is 112 g/mol. The van der Waals surface area contributed by atoms with Gasteiger partial charge in [-0.15, -0.1) is 0 Å². The summed E-state index contributed by atoms with van der Waals surface area (Å²) in [5.74, 6) is 6.64. The van der Waals surface area contributed by atoms with Crippen molar-refractivity contribution in [2.75, 3.05) is 5.43 Å². The third kappa shape index (κ3) is 0.788. The first-order chi connectivity index (χ1) is 3.83. The summed E-state index contributed by atoms with van der Waals surface area (Å²) in [6.45, 7) is 1.86. The predicted octanol–water partition coefficient (Wildman–Crippen LogP) is 0.00372. The lowest BCUT2D eigenvalue weighted by molar-refractivity contribution is 1.14. The summed E-state index contributed by atoms with van der Waals surface area (Å²) in [6.07, 6.45) is 1.63. The molecule has 44 valence electrons. The van der Waals surface area contributed by atoms with E-state index in [9.17, 15) is 0 Å². The molecule has 0 aliphatic rings. The topological polar surface area (TPSA) is 66.7 Å². The summed E-state index contributed by atoms with van der Waals surface area (Å²) in [6, 6.07) is 0. The minimum Gasteiger partial charge on any atom is -0.328 e. The van der Waals surface area contributed by atoms with E-state index in [0.717, 1.165) is 11.6 Å². The average Bonchev–Trinajstić information content (AvgIpc) is 2.14. The molecule has 4 N–H and O–H groups in total. The Labute approximate surface area is 47.1 Å². The molecule has 0 atom stereocenters. The van der Waals surface area contributed by atoms with Crippen LogP contribution in [-0.4, -0.2) is 9.97 Å². The van der Waals surface area contributed by atoms with Gasteiger partial charge in [-0.1, -0.05) is 0 Å². The first-order valence-electron chi connectivity index (χ1n) is 2.31. The second-order valence-electron chi connectivity index (χ2n) is 1.53. The zero-order valence-electron chi connectivity index (χ0n) is 4.60. The maximum Gasteiger partial charge on any atom is 0.137 e. The van der Waals surface area contributed by atoms with E-state index in [4.69, 9.17) is 5.84 Å². The van der Waals surface area contributed by atoms with Gasteiger partial charge in [0.25, 0.3) is 0 Å². The van der Waals surface area contributed by atoms with Gasteiger partial charge in [-0.2, -0.15) is 0 Å². The Morgan fingerprint density at radius 3 is 2.88 bits per heavy atom. The van der Waals surface area contributed by atoms with E-state index in [-0.39, 0.29) is 0 Å². The molecule has 0 spiro atoms. The van der Waals surface area contributed by atoms with Crippen LogP contribution in [0.5, 0.6) is 0 Å². The van der Waals surface area contributed by atoms with Crippen LogP contribution in [-0.2, 0) is 0 Å². The summed E-state index contributed by atoms with van der Waals surface area (Å²) in [5, 5.41) is 0. The number of rotatable bonds is 1. The van der Waals surface area contributed by atoms with Gasteiger partial charge in [0.1, 0.15) is 11.6 Å². The monoisotopic (exact) mass is 112 g/mol. The first-order valence-corrected chi connectivity index (χ1v) is 2.31. The van der Waals surface area contributed by atoms with Crippen molar-refractivity contribution >= 4 is 5.82 Å². The summed E-state index contributed by atoms with van der Waals surface area (Å²) in [5.41, 5.74) is 2.43. The maximum atomic E-state index is 5.04. The van der Waals surface area contributed by atoms with Gasteiger partial charge >= 0.3 is 0 Å². The number of nitrogens with one attached hydrogen (secondary N) is 2. The van der Waals surface area contributed by atoms with E-state index in [2.05, 4.69) is 15.4 Å². The molecule has 4 nitrogen and oxygen atoms in total. The van der Waals surface area contributed by atoms with E-state index >= 15 is 0 Å². The summed E-state index contributed by atoms with van der Waals surface area (Å²) in [4.78, 5) is 6.77. The zero-order valence-corrected chi connectivity index (χ0v) is 4.60. The molecule has 1 aromatic rings. The molecule has 0 saturated heterocycles. The summed E-state index contributed by atoms with van der Waals surface area (Å²) < 4.78 is 0. The fourth-order valence-electron chi connectivity index (χ4n) is 0.494. The van der Waals surface area contributed by atoms with Gasteiger partial charge in [-0.05, 0) is 6.92 Å². The fraction of sp³-hybridized carbons (Fsp3) is 0.250. The standard InChI is InChI=1S/C4H8N4/c1-3-6-2-4(7-3)8-5/h2,8H,5H2,1H3,(H,6,7). The molecule has 1 rings (SSSR count). The Hall–Kier alpha value is -1.03. The molecule has 8 heavy (non-hydrogen) atoms. The largest absolute Gasteiger partial charge is 0.328 e. The number of nitrogen functional groups attached to an aromatic ring is 1. The van der Waals surface area contributed by atoms with Gasteiger partial charge in [-0.25, -0.2) is 10.8 Å². The Balaban J connectivity index is 2.84. The van der Waals surface area contributed by atoms with Crippen LogP contribution < -0.4 is 11.3 Å². The van der Waals surface area contributed by atoms with Crippen LogP contribution in [0.1, 0.15) is 5.82 Å². The Morgan fingerprint density at radius 2 is 2.62 bits per heavy atom. The van der Waals surface area contributed by atoms with Crippen molar-refractivity contribution in [3.8, 4) is 0 Å². The Bertz CT molecular complexity index is 168. The lowest BCUT2D eigenvalue weighted by Crippen LogP contribution is -2.06. The number of nitrogens with zero attached hydrogens (tertiary/aromatic N) is 1. The van der Waals surface area contributed by atoms with Crippen molar-refractivity contribution in [2.45, 2.75) is 6.92 Å². The van der Waals surface area contributed by atoms with Gasteiger partial charge in [0.15, 0.2) is 0 Å². The highest BCUT2D eigenvalue weighted by Crippen LogP contribution is 1.97. The third-order valence-corrected chi connectivity index (χ3v) is 0.858. The number of aromatic amines is 1. The van der Waals surface area contributed by atoms with Gasteiger partial charge in [0.05, 0.1) is 6.20 Å². The molecule has 0 bridgehead atoms. The smallest absolute Gasteiger partial charge is 0.137 e. The SMILES string of the molecule is Cc1ncc(NN)[nH]1. The summed E-state index contributed by atoms with van der Waals surface area (Å²) >= 11 is 0. The van der Waals surface area contributed by atoms with Crippen LogP contribution in [0.15, 0.2) is 6.20 Å². The molecule has 0 aliphatic heterocycles. The lowest BCUT2D eigenvalue weighted by atomic mass is 10.7. The number of aromatic nitrogens is 2. The van der Waals surface area contributed by atoms with Crippen molar-refractivity contribution in [3.05, 3.63) is 12.0 Å². The van der Waals surface area contributed by atoms with Gasteiger partial charge in [-0.3, -0.25) is 0 Å². The van der Waals surface area contributed by atoms with Crippen molar-refractivity contribution in [1.29, 1.82) is 0 Å². The molecular formula is C4H8N4. The highest BCUT2D eigenvalue weighted by Gasteiger charge is 1.88. The lowest BCUT2D eigenvalue weighted by Gasteiger charge is -1.87. The van der Waals surface area contributed by atoms with Crippen LogP contribution in [0.4, 0.5) is 5.82 Å². The van der Waals surface area contributed by atoms with Crippen molar-refractivity contribution in [3.63, 3.8) is 0 Å². The van der Waals surface area contributed by atoms with Crippen molar-refractivity contribution in [1.82, 2.24) is 9.97 Å². The first kappa shape index (κ1) is 5.11. The van der Waals surface area contributed by atoms with Gasteiger partial charge in [0.2, 0.25) is 0 Å². The van der Waals surface area contributed by atoms with Crippen LogP contribution in [0.25, 0.3) is 0 Å². The van der Waals surface area contributed by atoms with E-state index in [1.165, 1.54) is 0 Å². The van der Waals surface area contributed by atoms with Crippen molar-refractivity contribution < 1.29 is 0 Å². The molecule has 0 amide bonds. The quantitative estimate of drug-likeness (QED) is 0.354. The van der Waals surface area contributed by atoms with Gasteiger partial charge < -0.3 is 10.4 Å². The van der Waals surface area contributed by atoms with Gasteiger partial charge in [0, 0.05) is 0 Å². The second kappa shape index (κ2) is 1.83. The number of aryl methyl sites for hydroxylation is 1. The number of anilines is 1. The van der Waals surface area contributed by atoms with Crippen LogP contribution >= 0.6 is 0 Å². The Kier molecular flexibility index (Phi) is 1.17. The Morgan fingerprint density at radius 1 is 1.88 bits per heavy atom. The molecular weight excluding hydrogens is 104 g/mol. The number of hydrogen-bond donors (Lipinski definition) is 3. The van der Waals surface area contributed by atoms with Crippen LogP contribution in [0.2, 0.25) is 0 Å². The molecule has 0 fully saturated rings. The minimum absolute atomic E-state index is 0.738. The van der Waals surface area contributed by atoms with E-state index < -0.39 is 0 Å². The molecule has 4 heteroatoms. The molecule has 0 saturated carbocycles. The normalized spacial score (nSPS) is 9.25. The minimum atomic E-state index is 0.738. The number of H-pyrrole nitrogens is 1. The number of hydrazine groups is 1. The van der Waals surface area contributed by atoms with E-state index in [0.29, 0.717) is 0 Å². The van der Waals surface area contributed by atoms with Crippen LogP contribution in [0.3, 0.4) is 0 Å². The van der Waals surface area contributed by atoms with Crippen molar-refractivity contribution in [2.24, 2.45) is 5.84 Å². The number of hydrogen-bond acceptors (Lipinski definition) is 3. The van der Waals surface area contributed by atoms with E-state index in [1.807, 2.05) is 6.92 Å². The molecule has 1 aromatic heterocycles. The molecule has 1 heterocycles. The molecule has 0 aliphatic carbocycles. The molecule has 0 unspecified atom stereocenters.